The molecule has 15 heavy (non-hydrogen) atoms. The Morgan fingerprint density at radius 2 is 2.13 bits per heavy atom. The molecule has 3 saturated carbocycles. The van der Waals surface area contributed by atoms with Crippen LogP contribution < -0.4 is 0 Å². The van der Waals surface area contributed by atoms with E-state index < -0.39 is 5.97 Å². The number of hydrogen-bond donors (Lipinski definition) is 1. The molecule has 3 aliphatic carbocycles. The van der Waals surface area contributed by atoms with Gasteiger partial charge in [-0.3, -0.25) is 0 Å². The molecule has 3 aliphatic rings. The lowest BCUT2D eigenvalue weighted by Crippen LogP contribution is -2.55. The first-order chi connectivity index (χ1) is 7.17. The van der Waals surface area contributed by atoms with Crippen molar-refractivity contribution < 1.29 is 9.90 Å². The van der Waals surface area contributed by atoms with Crippen molar-refractivity contribution in [3.8, 4) is 0 Å². The second-order valence-electron chi connectivity index (χ2n) is 4.60. The maximum absolute atomic E-state index is 10.8. The van der Waals surface area contributed by atoms with Crippen LogP contribution in [0.15, 0.2) is 29.2 Å². The molecule has 4 rings (SSSR count). The Morgan fingerprint density at radius 1 is 1.40 bits per heavy atom. The lowest BCUT2D eigenvalue weighted by atomic mass is 9.55. The van der Waals surface area contributed by atoms with Gasteiger partial charge in [0, 0.05) is 9.64 Å². The second kappa shape index (κ2) is 3.01. The molecule has 0 aliphatic heterocycles. The lowest BCUT2D eigenvalue weighted by Gasteiger charge is -2.61. The van der Waals surface area contributed by atoms with Crippen molar-refractivity contribution >= 4 is 17.7 Å². The Hall–Kier alpha value is -0.960. The number of thioether (sulfide) groups is 1. The minimum Gasteiger partial charge on any atom is -0.478 e. The van der Waals surface area contributed by atoms with E-state index in [2.05, 4.69) is 0 Å². The van der Waals surface area contributed by atoms with Crippen molar-refractivity contribution in [3.05, 3.63) is 29.8 Å². The number of carbonyl (C=O) groups is 1. The predicted octanol–water partition coefficient (Wildman–Crippen LogP) is 3.03. The molecule has 1 aromatic carbocycles. The topological polar surface area (TPSA) is 37.3 Å². The molecule has 0 saturated heterocycles. The summed E-state index contributed by atoms with van der Waals surface area (Å²) in [5.41, 5.74) is 0.395. The largest absolute Gasteiger partial charge is 0.478 e. The highest BCUT2D eigenvalue weighted by atomic mass is 32.2. The fourth-order valence-corrected chi connectivity index (χ4v) is 4.26. The third-order valence-corrected chi connectivity index (χ3v) is 4.82. The van der Waals surface area contributed by atoms with Gasteiger partial charge in [-0.15, -0.1) is 11.8 Å². The van der Waals surface area contributed by atoms with Crippen LogP contribution in [0.5, 0.6) is 0 Å². The van der Waals surface area contributed by atoms with E-state index in [4.69, 9.17) is 5.11 Å². The summed E-state index contributed by atoms with van der Waals surface area (Å²) in [5, 5.41) is 8.88. The molecule has 0 heterocycles. The number of rotatable bonds is 3. The van der Waals surface area contributed by atoms with Gasteiger partial charge in [-0.05, 0) is 43.4 Å². The van der Waals surface area contributed by atoms with Crippen molar-refractivity contribution in [2.24, 2.45) is 5.92 Å². The third-order valence-electron chi connectivity index (χ3n) is 3.40. The van der Waals surface area contributed by atoms with Crippen molar-refractivity contribution in [2.75, 3.05) is 0 Å². The molecule has 0 radical (unpaired) electrons. The molecule has 0 amide bonds. The van der Waals surface area contributed by atoms with Crippen LogP contribution in [0, 0.1) is 5.92 Å². The van der Waals surface area contributed by atoms with Crippen molar-refractivity contribution in [2.45, 2.75) is 28.9 Å². The Labute approximate surface area is 92.7 Å². The highest BCUT2D eigenvalue weighted by molar-refractivity contribution is 8.00. The first-order valence-corrected chi connectivity index (χ1v) is 6.01. The SMILES string of the molecule is O=C(O)c1cccc(SC23CC(C2)C3)c1. The summed E-state index contributed by atoms with van der Waals surface area (Å²) in [6, 6.07) is 7.27. The molecular weight excluding hydrogens is 208 g/mol. The van der Waals surface area contributed by atoms with Gasteiger partial charge in [0.2, 0.25) is 0 Å². The predicted molar refractivity (Wildman–Crippen MR) is 59.3 cm³/mol. The normalized spacial score (nSPS) is 31.6. The number of benzene rings is 1. The van der Waals surface area contributed by atoms with Crippen LogP contribution >= 0.6 is 11.8 Å². The van der Waals surface area contributed by atoms with Gasteiger partial charge < -0.3 is 5.11 Å². The minimum atomic E-state index is -0.838. The summed E-state index contributed by atoms with van der Waals surface area (Å²) in [7, 11) is 0. The summed E-state index contributed by atoms with van der Waals surface area (Å²) in [6.45, 7) is 0. The molecule has 3 fully saturated rings. The average Bonchev–Trinajstić information content (AvgIpc) is 2.10. The van der Waals surface area contributed by atoms with Crippen molar-refractivity contribution in [1.29, 1.82) is 0 Å². The van der Waals surface area contributed by atoms with Gasteiger partial charge in [0.25, 0.3) is 0 Å². The zero-order chi connectivity index (χ0) is 10.5. The summed E-state index contributed by atoms with van der Waals surface area (Å²) in [4.78, 5) is 11.9. The number of carboxylic acids is 1. The molecular formula is C12H12O2S. The molecule has 0 spiro atoms. The molecule has 0 aromatic heterocycles. The summed E-state index contributed by atoms with van der Waals surface area (Å²) < 4.78 is 0.474. The van der Waals surface area contributed by atoms with Crippen LogP contribution in [0.2, 0.25) is 0 Å². The van der Waals surface area contributed by atoms with E-state index in [0.717, 1.165) is 10.8 Å². The smallest absolute Gasteiger partial charge is 0.335 e. The first kappa shape index (κ1) is 9.28. The lowest BCUT2D eigenvalue weighted by molar-refractivity contribution is 0.0580. The monoisotopic (exact) mass is 220 g/mol. The van der Waals surface area contributed by atoms with Crippen LogP contribution in [0.1, 0.15) is 29.6 Å². The number of carboxylic acid groups (broad SMARTS) is 1. The number of aromatic carboxylic acids is 1. The van der Waals surface area contributed by atoms with E-state index in [-0.39, 0.29) is 0 Å². The summed E-state index contributed by atoms with van der Waals surface area (Å²) in [6.07, 6.45) is 3.99. The molecule has 78 valence electrons. The second-order valence-corrected chi connectivity index (χ2v) is 6.14. The van der Waals surface area contributed by atoms with Gasteiger partial charge in [0.1, 0.15) is 0 Å². The standard InChI is InChI=1S/C12H12O2S/c13-11(14)9-2-1-3-10(4-9)15-12-5-8(6-12)7-12/h1-4,8H,5-7H2,(H,13,14). The quantitative estimate of drug-likeness (QED) is 0.850. The molecule has 3 heteroatoms. The van der Waals surface area contributed by atoms with Crippen LogP contribution in [0.4, 0.5) is 0 Å². The molecule has 2 nitrogen and oxygen atoms in total. The van der Waals surface area contributed by atoms with E-state index in [0.29, 0.717) is 10.3 Å². The van der Waals surface area contributed by atoms with E-state index >= 15 is 0 Å². The fraction of sp³-hybridized carbons (Fsp3) is 0.417. The Morgan fingerprint density at radius 3 is 2.67 bits per heavy atom. The maximum Gasteiger partial charge on any atom is 0.335 e. The summed E-state index contributed by atoms with van der Waals surface area (Å²) in [5.74, 6) is 0.134. The highest BCUT2D eigenvalue weighted by Crippen LogP contribution is 2.66. The molecule has 2 bridgehead atoms. The van der Waals surface area contributed by atoms with Gasteiger partial charge in [-0.2, -0.15) is 0 Å². The van der Waals surface area contributed by atoms with E-state index in [9.17, 15) is 4.79 Å². The van der Waals surface area contributed by atoms with E-state index in [1.54, 1.807) is 12.1 Å². The van der Waals surface area contributed by atoms with Gasteiger partial charge in [-0.25, -0.2) is 4.79 Å². The van der Waals surface area contributed by atoms with Crippen LogP contribution in [0.3, 0.4) is 0 Å². The highest BCUT2D eigenvalue weighted by Gasteiger charge is 2.57. The Balaban J connectivity index is 1.79. The van der Waals surface area contributed by atoms with Crippen molar-refractivity contribution in [1.82, 2.24) is 0 Å². The van der Waals surface area contributed by atoms with Crippen LogP contribution in [-0.2, 0) is 0 Å². The van der Waals surface area contributed by atoms with Crippen molar-refractivity contribution in [3.63, 3.8) is 0 Å². The van der Waals surface area contributed by atoms with Gasteiger partial charge >= 0.3 is 5.97 Å². The minimum absolute atomic E-state index is 0.395. The van der Waals surface area contributed by atoms with Gasteiger partial charge in [0.05, 0.1) is 5.56 Å². The third kappa shape index (κ3) is 1.46. The molecule has 0 unspecified atom stereocenters. The maximum atomic E-state index is 10.8. The number of hydrogen-bond acceptors (Lipinski definition) is 2. The zero-order valence-corrected chi connectivity index (χ0v) is 9.09. The summed E-state index contributed by atoms with van der Waals surface area (Å²) >= 11 is 1.87. The average molecular weight is 220 g/mol. The fourth-order valence-electron chi connectivity index (χ4n) is 2.47. The van der Waals surface area contributed by atoms with E-state index in [1.165, 1.54) is 19.3 Å². The molecule has 1 N–H and O–H groups in total. The zero-order valence-electron chi connectivity index (χ0n) is 8.27. The first-order valence-electron chi connectivity index (χ1n) is 5.19. The Bertz CT molecular complexity index is 410. The van der Waals surface area contributed by atoms with Gasteiger partial charge in [-0.1, -0.05) is 6.07 Å². The molecule has 1 aromatic rings. The van der Waals surface area contributed by atoms with Gasteiger partial charge in [0.15, 0.2) is 0 Å². The molecule has 0 atom stereocenters. The van der Waals surface area contributed by atoms with E-state index in [1.807, 2.05) is 23.9 Å². The van der Waals surface area contributed by atoms with Crippen LogP contribution in [0.25, 0.3) is 0 Å². The Kier molecular flexibility index (Phi) is 1.87. The van der Waals surface area contributed by atoms with Crippen LogP contribution in [-0.4, -0.2) is 15.8 Å².